The summed E-state index contributed by atoms with van der Waals surface area (Å²) in [6, 6.07) is 16.0. The summed E-state index contributed by atoms with van der Waals surface area (Å²) < 4.78 is 11.4. The lowest BCUT2D eigenvalue weighted by molar-refractivity contribution is 0.283. The van der Waals surface area contributed by atoms with Gasteiger partial charge in [0.2, 0.25) is 0 Å². The van der Waals surface area contributed by atoms with E-state index in [-0.39, 0.29) is 11.5 Å². The predicted octanol–water partition coefficient (Wildman–Crippen LogP) is 4.56. The maximum Gasteiger partial charge on any atom is 0.161 e. The normalized spacial score (nSPS) is 13.0. The first kappa shape index (κ1) is 18.8. The Morgan fingerprint density at radius 2 is 1.72 bits per heavy atom. The molecular weight excluding hydrogens is 314 g/mol. The average molecular weight is 341 g/mol. The Kier molecular flexibility index (Phi) is 6.39. The van der Waals surface area contributed by atoms with Crippen LogP contribution >= 0.6 is 0 Å². The van der Waals surface area contributed by atoms with Crippen LogP contribution in [0.3, 0.4) is 0 Å². The van der Waals surface area contributed by atoms with Gasteiger partial charge in [0.25, 0.3) is 0 Å². The number of nitrogens with zero attached hydrogens (tertiary/aromatic N) is 2. The molecule has 1 atom stereocenters. The van der Waals surface area contributed by atoms with Crippen LogP contribution in [-0.4, -0.2) is 13.2 Å². The maximum absolute atomic E-state index is 5.98. The van der Waals surface area contributed by atoms with E-state index in [0.717, 1.165) is 23.3 Å². The number of rotatable bonds is 7. The van der Waals surface area contributed by atoms with Gasteiger partial charge in [-0.05, 0) is 35.1 Å². The number of methoxy groups -OCH3 is 1. The van der Waals surface area contributed by atoms with E-state index in [1.165, 1.54) is 0 Å². The summed E-state index contributed by atoms with van der Waals surface area (Å²) in [5, 5.41) is 7.69. The van der Waals surface area contributed by atoms with Crippen molar-refractivity contribution in [2.75, 3.05) is 7.11 Å². The van der Waals surface area contributed by atoms with Gasteiger partial charge in [0.05, 0.1) is 13.2 Å². The molecule has 0 bridgehead atoms. The van der Waals surface area contributed by atoms with Gasteiger partial charge in [0.15, 0.2) is 11.5 Å². The molecule has 0 radical (unpaired) electrons. The highest BCUT2D eigenvalue weighted by Gasteiger charge is 2.25. The fourth-order valence-corrected chi connectivity index (χ4v) is 2.52. The number of nitrogens with two attached hydrogens (primary N) is 1. The molecule has 0 fully saturated rings. The van der Waals surface area contributed by atoms with E-state index in [4.69, 9.17) is 15.3 Å². The zero-order chi connectivity index (χ0) is 18.3. The minimum absolute atomic E-state index is 0.00660. The molecule has 1 unspecified atom stereocenters. The van der Waals surface area contributed by atoms with Gasteiger partial charge in [-0.15, -0.1) is 0 Å². The van der Waals surface area contributed by atoms with Crippen LogP contribution in [0.15, 0.2) is 58.9 Å². The van der Waals surface area contributed by atoms with Crippen molar-refractivity contribution in [3.05, 3.63) is 59.7 Å². The first-order valence-electron chi connectivity index (χ1n) is 8.37. The lowest BCUT2D eigenvalue weighted by atomic mass is 9.83. The van der Waals surface area contributed by atoms with Crippen LogP contribution in [-0.2, 0) is 13.0 Å². The summed E-state index contributed by atoms with van der Waals surface area (Å²) in [5.74, 6) is 6.72. The second-order valence-electron chi connectivity index (χ2n) is 7.08. The van der Waals surface area contributed by atoms with E-state index in [1.807, 2.05) is 48.5 Å². The molecule has 0 saturated heterocycles. The van der Waals surface area contributed by atoms with Crippen molar-refractivity contribution in [3.8, 4) is 11.5 Å². The highest BCUT2D eigenvalue weighted by molar-refractivity contribution is 5.43. The highest BCUT2D eigenvalue weighted by Crippen LogP contribution is 2.32. The van der Waals surface area contributed by atoms with Gasteiger partial charge in [-0.3, -0.25) is 0 Å². The number of ether oxygens (including phenoxy) is 2. The summed E-state index contributed by atoms with van der Waals surface area (Å²) in [6.07, 6.45) is 0.732. The molecule has 134 valence electrons. The summed E-state index contributed by atoms with van der Waals surface area (Å²) in [4.78, 5) is 0. The SMILES string of the molecule is COc1ccc(CC(N=NN)C(C)(C)C)cc1OCc1ccccc1. The zero-order valence-corrected chi connectivity index (χ0v) is 15.4. The molecule has 0 heterocycles. The van der Waals surface area contributed by atoms with E-state index in [9.17, 15) is 0 Å². The lowest BCUT2D eigenvalue weighted by Crippen LogP contribution is -2.26. The summed E-state index contributed by atoms with van der Waals surface area (Å²) >= 11 is 0. The van der Waals surface area contributed by atoms with Crippen molar-refractivity contribution in [1.82, 2.24) is 0 Å². The summed E-state index contributed by atoms with van der Waals surface area (Å²) in [6.45, 7) is 6.87. The van der Waals surface area contributed by atoms with E-state index < -0.39 is 0 Å². The summed E-state index contributed by atoms with van der Waals surface area (Å²) in [7, 11) is 1.64. The molecule has 0 spiro atoms. The van der Waals surface area contributed by atoms with Gasteiger partial charge >= 0.3 is 0 Å². The van der Waals surface area contributed by atoms with Crippen LogP contribution in [0, 0.1) is 5.41 Å². The zero-order valence-electron chi connectivity index (χ0n) is 15.4. The van der Waals surface area contributed by atoms with Crippen LogP contribution in [0.25, 0.3) is 0 Å². The molecule has 2 aromatic rings. The largest absolute Gasteiger partial charge is 0.493 e. The second-order valence-corrected chi connectivity index (χ2v) is 7.08. The van der Waals surface area contributed by atoms with Gasteiger partial charge < -0.3 is 15.3 Å². The molecule has 2 aromatic carbocycles. The van der Waals surface area contributed by atoms with E-state index in [0.29, 0.717) is 12.4 Å². The van der Waals surface area contributed by atoms with Crippen LogP contribution in [0.5, 0.6) is 11.5 Å². The molecule has 2 rings (SSSR count). The van der Waals surface area contributed by atoms with Crippen molar-refractivity contribution >= 4 is 0 Å². The Hall–Kier alpha value is -2.56. The highest BCUT2D eigenvalue weighted by atomic mass is 16.5. The van der Waals surface area contributed by atoms with E-state index >= 15 is 0 Å². The van der Waals surface area contributed by atoms with Gasteiger partial charge in [-0.2, -0.15) is 5.11 Å². The fraction of sp³-hybridized carbons (Fsp3) is 0.400. The molecule has 0 aromatic heterocycles. The third-order valence-corrected chi connectivity index (χ3v) is 4.10. The third kappa shape index (κ3) is 5.48. The Balaban J connectivity index is 2.18. The first-order valence-corrected chi connectivity index (χ1v) is 8.37. The van der Waals surface area contributed by atoms with E-state index in [1.54, 1.807) is 7.11 Å². The maximum atomic E-state index is 5.98. The molecule has 0 amide bonds. The molecule has 5 heteroatoms. The summed E-state index contributed by atoms with van der Waals surface area (Å²) in [5.41, 5.74) is 2.18. The lowest BCUT2D eigenvalue weighted by Gasteiger charge is -2.26. The third-order valence-electron chi connectivity index (χ3n) is 4.10. The number of hydrogen-bond donors (Lipinski definition) is 1. The quantitative estimate of drug-likeness (QED) is 0.456. The Bertz CT molecular complexity index is 694. The molecule has 5 nitrogen and oxygen atoms in total. The van der Waals surface area contributed by atoms with Crippen LogP contribution in [0.1, 0.15) is 31.9 Å². The molecular formula is C20H27N3O2. The average Bonchev–Trinajstić information content (AvgIpc) is 2.60. The second kappa shape index (κ2) is 8.51. The molecule has 25 heavy (non-hydrogen) atoms. The fourth-order valence-electron chi connectivity index (χ4n) is 2.52. The van der Waals surface area contributed by atoms with Crippen LogP contribution in [0.2, 0.25) is 0 Å². The Labute approximate surface area is 149 Å². The molecule has 0 aliphatic carbocycles. The Morgan fingerprint density at radius 3 is 2.32 bits per heavy atom. The molecule has 0 aliphatic rings. The Morgan fingerprint density at radius 1 is 1.00 bits per heavy atom. The van der Waals surface area contributed by atoms with Crippen molar-refractivity contribution in [2.24, 2.45) is 21.6 Å². The molecule has 0 saturated carbocycles. The molecule has 0 aliphatic heterocycles. The van der Waals surface area contributed by atoms with Gasteiger partial charge in [-0.25, -0.2) is 0 Å². The number of hydrogen-bond acceptors (Lipinski definition) is 4. The first-order chi connectivity index (χ1) is 11.9. The van der Waals surface area contributed by atoms with Gasteiger partial charge in [-0.1, -0.05) is 62.4 Å². The standard InChI is InChI=1S/C20H27N3O2/c1-20(2,3)19(22-23-21)13-16-10-11-17(24-4)18(12-16)25-14-15-8-6-5-7-9-15/h5-12,19H,13-14H2,1-4H3,(H2,21,22). The monoisotopic (exact) mass is 341 g/mol. The van der Waals surface area contributed by atoms with Crippen molar-refractivity contribution in [2.45, 2.75) is 39.8 Å². The minimum Gasteiger partial charge on any atom is -0.493 e. The van der Waals surface area contributed by atoms with Crippen molar-refractivity contribution in [3.63, 3.8) is 0 Å². The van der Waals surface area contributed by atoms with Crippen LogP contribution in [0.4, 0.5) is 0 Å². The predicted molar refractivity (Wildman–Crippen MR) is 99.8 cm³/mol. The molecule has 2 N–H and O–H groups in total. The van der Waals surface area contributed by atoms with Gasteiger partial charge in [0, 0.05) is 0 Å². The van der Waals surface area contributed by atoms with Gasteiger partial charge in [0.1, 0.15) is 6.61 Å². The van der Waals surface area contributed by atoms with Crippen molar-refractivity contribution < 1.29 is 9.47 Å². The smallest absolute Gasteiger partial charge is 0.161 e. The minimum atomic E-state index is -0.0339. The van der Waals surface area contributed by atoms with E-state index in [2.05, 4.69) is 31.1 Å². The van der Waals surface area contributed by atoms with Crippen molar-refractivity contribution in [1.29, 1.82) is 0 Å². The number of benzene rings is 2. The topological polar surface area (TPSA) is 69.2 Å². The van der Waals surface area contributed by atoms with Crippen LogP contribution < -0.4 is 15.3 Å².